The molecule has 2 aromatic carbocycles. The molecule has 2 heterocycles. The Hall–Kier alpha value is -4.97. The Morgan fingerprint density at radius 3 is 2.53 bits per heavy atom. The fourth-order valence-electron chi connectivity index (χ4n) is 3.93. The second kappa shape index (κ2) is 10.1. The number of methoxy groups -OCH3 is 1. The monoisotopic (exact) mass is 483 g/mol. The van der Waals surface area contributed by atoms with E-state index in [9.17, 15) is 25.0 Å². The molecule has 0 saturated heterocycles. The van der Waals surface area contributed by atoms with Gasteiger partial charge in [-0.1, -0.05) is 30.3 Å². The van der Waals surface area contributed by atoms with Crippen molar-refractivity contribution in [2.24, 2.45) is 0 Å². The van der Waals surface area contributed by atoms with Crippen LogP contribution in [0.1, 0.15) is 18.2 Å². The number of nitrogens with zero attached hydrogens (tertiary/aromatic N) is 3. The van der Waals surface area contributed by atoms with E-state index in [1.807, 2.05) is 36.4 Å². The molecule has 0 fully saturated rings. The number of nitro groups is 1. The van der Waals surface area contributed by atoms with Gasteiger partial charge in [-0.3, -0.25) is 24.6 Å². The highest BCUT2D eigenvalue weighted by atomic mass is 16.6. The summed E-state index contributed by atoms with van der Waals surface area (Å²) in [5.41, 5.74) is 1.53. The normalized spacial score (nSPS) is 14.8. The van der Waals surface area contributed by atoms with Crippen LogP contribution < -0.4 is 4.74 Å². The average molecular weight is 483 g/mol. The number of nitriles is 1. The summed E-state index contributed by atoms with van der Waals surface area (Å²) in [5, 5.41) is 20.9. The van der Waals surface area contributed by atoms with Gasteiger partial charge >= 0.3 is 5.69 Å². The molecule has 180 valence electrons. The lowest BCUT2D eigenvalue weighted by molar-refractivity contribution is -0.385. The molecule has 36 heavy (non-hydrogen) atoms. The molecule has 0 bridgehead atoms. The minimum absolute atomic E-state index is 0.105. The van der Waals surface area contributed by atoms with Crippen LogP contribution in [0.25, 0.3) is 17.4 Å². The van der Waals surface area contributed by atoms with Gasteiger partial charge in [-0.05, 0) is 54.8 Å². The van der Waals surface area contributed by atoms with Gasteiger partial charge in [0.2, 0.25) is 0 Å². The van der Waals surface area contributed by atoms with Gasteiger partial charge in [-0.2, -0.15) is 5.26 Å². The molecule has 3 aromatic rings. The summed E-state index contributed by atoms with van der Waals surface area (Å²) in [5.74, 6) is -0.393. The fourth-order valence-corrected chi connectivity index (χ4v) is 3.93. The van der Waals surface area contributed by atoms with Gasteiger partial charge in [0, 0.05) is 23.7 Å². The highest BCUT2D eigenvalue weighted by Crippen LogP contribution is 2.34. The van der Waals surface area contributed by atoms with Crippen molar-refractivity contribution in [2.45, 2.75) is 13.3 Å². The molecule has 0 spiro atoms. The van der Waals surface area contributed by atoms with Crippen molar-refractivity contribution in [1.82, 2.24) is 4.90 Å². The van der Waals surface area contributed by atoms with E-state index in [0.29, 0.717) is 23.5 Å². The number of carbonyl (C=O) groups is 2. The van der Waals surface area contributed by atoms with E-state index < -0.39 is 16.7 Å². The van der Waals surface area contributed by atoms with Gasteiger partial charge in [0.1, 0.15) is 23.2 Å². The van der Waals surface area contributed by atoms with E-state index >= 15 is 0 Å². The van der Waals surface area contributed by atoms with Crippen LogP contribution in [0, 0.1) is 21.4 Å². The highest BCUT2D eigenvalue weighted by molar-refractivity contribution is 6.19. The predicted molar refractivity (Wildman–Crippen MR) is 131 cm³/mol. The molecule has 1 aliphatic heterocycles. The maximum absolute atomic E-state index is 13.3. The first-order valence-corrected chi connectivity index (χ1v) is 11.0. The first-order valence-electron chi connectivity index (χ1n) is 11.0. The van der Waals surface area contributed by atoms with Crippen molar-refractivity contribution in [3.8, 4) is 23.1 Å². The smallest absolute Gasteiger partial charge is 0.311 e. The minimum Gasteiger partial charge on any atom is -0.490 e. The van der Waals surface area contributed by atoms with Crippen molar-refractivity contribution >= 4 is 23.6 Å². The van der Waals surface area contributed by atoms with E-state index in [0.717, 1.165) is 10.5 Å². The number of carbonyl (C=O) groups excluding carboxylic acids is 2. The molecular formula is C27H21N3O6. The van der Waals surface area contributed by atoms with Gasteiger partial charge in [0.15, 0.2) is 5.75 Å². The van der Waals surface area contributed by atoms with Gasteiger partial charge in [-0.15, -0.1) is 0 Å². The second-order valence-corrected chi connectivity index (χ2v) is 8.01. The van der Waals surface area contributed by atoms with E-state index in [2.05, 4.69) is 0 Å². The number of benzene rings is 2. The molecule has 2 amide bonds. The lowest BCUT2D eigenvalue weighted by atomic mass is 9.94. The Bertz CT molecular complexity index is 1460. The summed E-state index contributed by atoms with van der Waals surface area (Å²) in [4.78, 5) is 38.0. The van der Waals surface area contributed by atoms with Crippen molar-refractivity contribution in [3.05, 3.63) is 98.8 Å². The summed E-state index contributed by atoms with van der Waals surface area (Å²) in [6, 6.07) is 19.0. The Kier molecular flexibility index (Phi) is 6.79. The number of imide groups is 1. The maximum atomic E-state index is 13.3. The molecule has 0 saturated carbocycles. The number of furan rings is 1. The standard InChI is InChI=1S/C27H21N3O6/c1-17-21(26(31)29(27(32)22(17)16-28)13-12-18-6-4-3-5-7-18)15-20-9-11-24(36-20)19-8-10-25(35-2)23(14-19)30(33)34/h3-11,14-15H,12-13H2,1-2H3/b21-15+. The largest absolute Gasteiger partial charge is 0.490 e. The van der Waals surface area contributed by atoms with Crippen LogP contribution in [0.5, 0.6) is 5.75 Å². The van der Waals surface area contributed by atoms with Crippen LogP contribution in [0.2, 0.25) is 0 Å². The van der Waals surface area contributed by atoms with Crippen molar-refractivity contribution in [2.75, 3.05) is 13.7 Å². The average Bonchev–Trinajstić information content (AvgIpc) is 3.35. The zero-order chi connectivity index (χ0) is 25.8. The van der Waals surface area contributed by atoms with E-state index in [1.54, 1.807) is 25.1 Å². The van der Waals surface area contributed by atoms with Crippen LogP contribution in [0.3, 0.4) is 0 Å². The number of hydrogen-bond donors (Lipinski definition) is 0. The van der Waals surface area contributed by atoms with Gasteiger partial charge in [0.05, 0.1) is 12.0 Å². The number of amides is 2. The second-order valence-electron chi connectivity index (χ2n) is 8.01. The summed E-state index contributed by atoms with van der Waals surface area (Å²) in [7, 11) is 1.35. The number of ether oxygens (including phenoxy) is 1. The molecule has 4 rings (SSSR count). The lowest BCUT2D eigenvalue weighted by Gasteiger charge is -2.27. The van der Waals surface area contributed by atoms with Gasteiger partial charge in [0.25, 0.3) is 11.8 Å². The van der Waals surface area contributed by atoms with Crippen molar-refractivity contribution < 1.29 is 23.7 Å². The summed E-state index contributed by atoms with van der Waals surface area (Å²) in [6.07, 6.45) is 1.92. The molecule has 0 aliphatic carbocycles. The molecule has 9 heteroatoms. The molecule has 0 unspecified atom stereocenters. The predicted octanol–water partition coefficient (Wildman–Crippen LogP) is 4.70. The topological polar surface area (TPSA) is 127 Å². The van der Waals surface area contributed by atoms with Crippen molar-refractivity contribution in [1.29, 1.82) is 5.26 Å². The third-order valence-corrected chi connectivity index (χ3v) is 5.87. The number of nitro benzene ring substituents is 1. The highest BCUT2D eigenvalue weighted by Gasteiger charge is 2.35. The van der Waals surface area contributed by atoms with Crippen LogP contribution in [-0.4, -0.2) is 35.3 Å². The SMILES string of the molecule is COc1ccc(-c2ccc(/C=C3/C(=O)N(CCc4ccccc4)C(=O)C(C#N)=C3C)o2)cc1[N+](=O)[O-]. The maximum Gasteiger partial charge on any atom is 0.311 e. The fraction of sp³-hybridized carbons (Fsp3) is 0.148. The lowest BCUT2D eigenvalue weighted by Crippen LogP contribution is -2.43. The van der Waals surface area contributed by atoms with Gasteiger partial charge < -0.3 is 9.15 Å². The zero-order valence-electron chi connectivity index (χ0n) is 19.6. The summed E-state index contributed by atoms with van der Waals surface area (Å²) < 4.78 is 10.9. The third-order valence-electron chi connectivity index (χ3n) is 5.87. The molecule has 1 aliphatic rings. The zero-order valence-corrected chi connectivity index (χ0v) is 19.6. The molecular weight excluding hydrogens is 462 g/mol. The Morgan fingerprint density at radius 1 is 1.11 bits per heavy atom. The van der Waals surface area contributed by atoms with Crippen LogP contribution in [0.15, 0.2) is 81.8 Å². The Balaban J connectivity index is 1.66. The summed E-state index contributed by atoms with van der Waals surface area (Å²) in [6.45, 7) is 1.67. The van der Waals surface area contributed by atoms with Crippen LogP contribution in [-0.2, 0) is 16.0 Å². The first-order chi connectivity index (χ1) is 17.3. The van der Waals surface area contributed by atoms with E-state index in [4.69, 9.17) is 9.15 Å². The first kappa shape index (κ1) is 24.2. The van der Waals surface area contributed by atoms with Crippen LogP contribution >= 0.6 is 0 Å². The minimum atomic E-state index is -0.626. The Morgan fingerprint density at radius 2 is 1.86 bits per heavy atom. The van der Waals surface area contributed by atoms with Crippen molar-refractivity contribution in [3.63, 3.8) is 0 Å². The molecule has 9 nitrogen and oxygen atoms in total. The number of hydrogen-bond acceptors (Lipinski definition) is 7. The van der Waals surface area contributed by atoms with E-state index in [-0.39, 0.29) is 34.7 Å². The molecule has 0 N–H and O–H groups in total. The molecule has 0 atom stereocenters. The van der Waals surface area contributed by atoms with Gasteiger partial charge in [-0.25, -0.2) is 0 Å². The third kappa shape index (κ3) is 4.65. The molecule has 0 radical (unpaired) electrons. The molecule has 1 aromatic heterocycles. The van der Waals surface area contributed by atoms with Crippen LogP contribution in [0.4, 0.5) is 5.69 Å². The Labute approximate surface area is 206 Å². The quantitative estimate of drug-likeness (QED) is 0.206. The number of rotatable bonds is 7. The summed E-state index contributed by atoms with van der Waals surface area (Å²) >= 11 is 0. The van der Waals surface area contributed by atoms with E-state index in [1.165, 1.54) is 25.3 Å².